The van der Waals surface area contributed by atoms with Gasteiger partial charge in [-0.2, -0.15) is 5.26 Å². The predicted octanol–water partition coefficient (Wildman–Crippen LogP) is 3.79. The minimum atomic E-state index is 0.296. The van der Waals surface area contributed by atoms with Gasteiger partial charge >= 0.3 is 0 Å². The minimum Gasteiger partial charge on any atom is -0.497 e. The third-order valence-electron chi connectivity index (χ3n) is 2.76. The SMILES string of the molecule is CC\C=C/C(=N\C)C(/C#N)=C(\Cl)c1cc(N)cc(OC)c1. The normalized spacial score (nSPS) is 13.0. The number of hydrogen-bond acceptors (Lipinski definition) is 4. The third kappa shape index (κ3) is 4.37. The number of hydrogen-bond donors (Lipinski definition) is 1. The number of nitrogen functional groups attached to an aromatic ring is 1. The van der Waals surface area contributed by atoms with Crippen LogP contribution in [0.15, 0.2) is 40.9 Å². The maximum absolute atomic E-state index is 9.38. The average molecular weight is 304 g/mol. The van der Waals surface area contributed by atoms with Crippen LogP contribution in [0.1, 0.15) is 18.9 Å². The number of nitriles is 1. The summed E-state index contributed by atoms with van der Waals surface area (Å²) in [6.45, 7) is 2.00. The van der Waals surface area contributed by atoms with Crippen molar-refractivity contribution in [3.05, 3.63) is 41.5 Å². The highest BCUT2D eigenvalue weighted by atomic mass is 35.5. The zero-order chi connectivity index (χ0) is 15.8. The van der Waals surface area contributed by atoms with E-state index in [9.17, 15) is 5.26 Å². The highest BCUT2D eigenvalue weighted by Gasteiger charge is 2.12. The van der Waals surface area contributed by atoms with Crippen molar-refractivity contribution >= 4 is 28.0 Å². The van der Waals surface area contributed by atoms with Crippen LogP contribution in [0, 0.1) is 11.3 Å². The Morgan fingerprint density at radius 3 is 2.71 bits per heavy atom. The van der Waals surface area contributed by atoms with Gasteiger partial charge in [-0.25, -0.2) is 0 Å². The van der Waals surface area contributed by atoms with Crippen LogP contribution >= 0.6 is 11.6 Å². The summed E-state index contributed by atoms with van der Waals surface area (Å²) >= 11 is 6.36. The molecule has 0 aliphatic rings. The van der Waals surface area contributed by atoms with Gasteiger partial charge in [-0.15, -0.1) is 0 Å². The van der Waals surface area contributed by atoms with Crippen LogP contribution in [-0.4, -0.2) is 19.9 Å². The van der Waals surface area contributed by atoms with Crippen LogP contribution in [0.4, 0.5) is 5.69 Å². The molecule has 0 heterocycles. The summed E-state index contributed by atoms with van der Waals surface area (Å²) in [6, 6.07) is 7.21. The van der Waals surface area contributed by atoms with Crippen molar-refractivity contribution in [2.45, 2.75) is 13.3 Å². The smallest absolute Gasteiger partial charge is 0.121 e. The molecule has 0 atom stereocenters. The molecule has 1 aromatic rings. The zero-order valence-electron chi connectivity index (χ0n) is 12.4. The van der Waals surface area contributed by atoms with Crippen molar-refractivity contribution < 1.29 is 4.74 Å². The van der Waals surface area contributed by atoms with Crippen molar-refractivity contribution in [3.63, 3.8) is 0 Å². The molecule has 21 heavy (non-hydrogen) atoms. The van der Waals surface area contributed by atoms with Gasteiger partial charge in [-0.05, 0) is 24.6 Å². The molecule has 1 aromatic carbocycles. The molecule has 0 radical (unpaired) electrons. The molecule has 0 saturated heterocycles. The third-order valence-corrected chi connectivity index (χ3v) is 3.16. The van der Waals surface area contributed by atoms with Crippen molar-refractivity contribution in [2.24, 2.45) is 4.99 Å². The number of ether oxygens (including phenoxy) is 1. The van der Waals surface area contributed by atoms with Gasteiger partial charge in [-0.3, -0.25) is 4.99 Å². The number of allylic oxidation sites excluding steroid dienone is 3. The molecule has 110 valence electrons. The molecule has 2 N–H and O–H groups in total. The Kier molecular flexibility index (Phi) is 6.51. The minimum absolute atomic E-state index is 0.296. The van der Waals surface area contributed by atoms with Crippen molar-refractivity contribution in [1.29, 1.82) is 5.26 Å². The predicted molar refractivity (Wildman–Crippen MR) is 88.6 cm³/mol. The Labute approximate surface area is 130 Å². The van der Waals surface area contributed by atoms with Crippen LogP contribution in [0.2, 0.25) is 0 Å². The average Bonchev–Trinajstić information content (AvgIpc) is 2.50. The lowest BCUT2D eigenvalue weighted by Crippen LogP contribution is -2.00. The van der Waals surface area contributed by atoms with Crippen LogP contribution in [0.25, 0.3) is 5.03 Å². The Hall–Kier alpha value is -2.25. The maximum Gasteiger partial charge on any atom is 0.121 e. The van der Waals surface area contributed by atoms with E-state index >= 15 is 0 Å². The van der Waals surface area contributed by atoms with Crippen LogP contribution in [0.3, 0.4) is 0 Å². The first-order valence-electron chi connectivity index (χ1n) is 6.45. The van der Waals surface area contributed by atoms with Gasteiger partial charge in [0, 0.05) is 24.4 Å². The van der Waals surface area contributed by atoms with E-state index in [0.717, 1.165) is 6.42 Å². The van der Waals surface area contributed by atoms with E-state index in [1.165, 1.54) is 0 Å². The fraction of sp³-hybridized carbons (Fsp3) is 0.250. The van der Waals surface area contributed by atoms with Gasteiger partial charge in [0.1, 0.15) is 11.8 Å². The lowest BCUT2D eigenvalue weighted by Gasteiger charge is -2.08. The number of methoxy groups -OCH3 is 1. The summed E-state index contributed by atoms with van der Waals surface area (Å²) in [6.07, 6.45) is 4.55. The second-order valence-electron chi connectivity index (χ2n) is 4.22. The van der Waals surface area contributed by atoms with Gasteiger partial charge in [0.2, 0.25) is 0 Å². The van der Waals surface area contributed by atoms with Crippen molar-refractivity contribution in [2.75, 3.05) is 19.9 Å². The van der Waals surface area contributed by atoms with Gasteiger partial charge in [-0.1, -0.05) is 24.6 Å². The fourth-order valence-corrected chi connectivity index (χ4v) is 1.98. The Bertz CT molecular complexity index is 639. The first kappa shape index (κ1) is 16.8. The van der Waals surface area contributed by atoms with E-state index in [-0.39, 0.29) is 0 Å². The number of rotatable bonds is 5. The van der Waals surface area contributed by atoms with Gasteiger partial charge < -0.3 is 10.5 Å². The van der Waals surface area contributed by atoms with Crippen LogP contribution in [0.5, 0.6) is 5.75 Å². The summed E-state index contributed by atoms with van der Waals surface area (Å²) < 4.78 is 5.16. The molecule has 0 aliphatic heterocycles. The quantitative estimate of drug-likeness (QED) is 0.511. The molecule has 0 saturated carbocycles. The van der Waals surface area contributed by atoms with E-state index in [1.54, 1.807) is 38.4 Å². The largest absolute Gasteiger partial charge is 0.497 e. The molecule has 4 nitrogen and oxygen atoms in total. The second-order valence-corrected chi connectivity index (χ2v) is 4.59. The van der Waals surface area contributed by atoms with Crippen molar-refractivity contribution in [3.8, 4) is 11.8 Å². The van der Waals surface area contributed by atoms with Crippen LogP contribution < -0.4 is 10.5 Å². The first-order chi connectivity index (χ1) is 10.1. The number of benzene rings is 1. The molecule has 1 rings (SSSR count). The summed E-state index contributed by atoms with van der Waals surface area (Å²) in [7, 11) is 3.17. The summed E-state index contributed by atoms with van der Waals surface area (Å²) in [5.74, 6) is 0.583. The number of nitrogens with two attached hydrogens (primary N) is 1. The van der Waals surface area contributed by atoms with E-state index in [0.29, 0.717) is 33.3 Å². The van der Waals surface area contributed by atoms with E-state index < -0.39 is 0 Å². The van der Waals surface area contributed by atoms with Crippen LogP contribution in [-0.2, 0) is 0 Å². The number of halogens is 1. The van der Waals surface area contributed by atoms with Gasteiger partial charge in [0.15, 0.2) is 0 Å². The highest BCUT2D eigenvalue weighted by Crippen LogP contribution is 2.29. The van der Waals surface area contributed by atoms with E-state index in [1.807, 2.05) is 13.0 Å². The molecule has 5 heteroatoms. The van der Waals surface area contributed by atoms with Gasteiger partial charge in [0.05, 0.1) is 23.4 Å². The zero-order valence-corrected chi connectivity index (χ0v) is 13.1. The summed E-state index contributed by atoms with van der Waals surface area (Å²) in [5.41, 5.74) is 7.78. The molecular weight excluding hydrogens is 286 g/mol. The molecule has 0 spiro atoms. The molecule has 0 fully saturated rings. The van der Waals surface area contributed by atoms with Crippen molar-refractivity contribution in [1.82, 2.24) is 0 Å². The number of nitrogens with zero attached hydrogens (tertiary/aromatic N) is 2. The first-order valence-corrected chi connectivity index (χ1v) is 6.83. The molecule has 0 aromatic heterocycles. The standard InChI is InChI=1S/C16H18ClN3O/c1-4-5-6-15(20-2)14(10-18)16(17)11-7-12(19)9-13(8-11)21-3/h5-9H,4,19H2,1-3H3/b6-5-,16-14-,20-15+. The topological polar surface area (TPSA) is 71.4 Å². The molecule has 0 amide bonds. The molecule has 0 aliphatic carbocycles. The Morgan fingerprint density at radius 2 is 2.19 bits per heavy atom. The monoisotopic (exact) mass is 303 g/mol. The maximum atomic E-state index is 9.38. The van der Waals surface area contributed by atoms with E-state index in [2.05, 4.69) is 11.1 Å². The number of aliphatic imine (C=N–C) groups is 1. The fourth-order valence-electron chi connectivity index (χ4n) is 1.73. The Balaban J connectivity index is 3.40. The second kappa shape index (κ2) is 8.13. The highest BCUT2D eigenvalue weighted by molar-refractivity contribution is 6.52. The van der Waals surface area contributed by atoms with E-state index in [4.69, 9.17) is 22.1 Å². The summed E-state index contributed by atoms with van der Waals surface area (Å²) in [4.78, 5) is 4.11. The number of anilines is 1. The Morgan fingerprint density at radius 1 is 1.48 bits per heavy atom. The molecular formula is C16H18ClN3O. The molecule has 0 bridgehead atoms. The lowest BCUT2D eigenvalue weighted by molar-refractivity contribution is 0.415. The van der Waals surface area contributed by atoms with Gasteiger partial charge in [0.25, 0.3) is 0 Å². The lowest BCUT2D eigenvalue weighted by atomic mass is 10.1. The molecule has 0 unspecified atom stereocenters. The summed E-state index contributed by atoms with van der Waals surface area (Å²) in [5, 5.41) is 9.68.